The number of H-pyrrole nitrogens is 1. The van der Waals surface area contributed by atoms with Gasteiger partial charge in [0, 0.05) is 34.7 Å². The number of carbonyl (C=O) groups is 1. The highest BCUT2D eigenvalue weighted by Crippen LogP contribution is 2.43. The van der Waals surface area contributed by atoms with Crippen LogP contribution in [0.5, 0.6) is 0 Å². The number of nitrogens with zero attached hydrogens (tertiary/aromatic N) is 1. The number of aromatic amines is 1. The van der Waals surface area contributed by atoms with Crippen LogP contribution in [-0.2, 0) is 6.42 Å². The third kappa shape index (κ3) is 4.28. The van der Waals surface area contributed by atoms with Crippen molar-refractivity contribution in [3.8, 4) is 11.1 Å². The zero-order valence-electron chi connectivity index (χ0n) is 20.3. The van der Waals surface area contributed by atoms with Gasteiger partial charge in [0.15, 0.2) is 0 Å². The number of aromatic nitrogens is 1. The van der Waals surface area contributed by atoms with Crippen LogP contribution in [0, 0.1) is 11.6 Å². The molecule has 186 valence electrons. The summed E-state index contributed by atoms with van der Waals surface area (Å²) in [5.74, 6) is -2.66. The molecule has 4 aromatic rings. The molecule has 0 bridgehead atoms. The predicted octanol–water partition coefficient (Wildman–Crippen LogP) is 6.90. The van der Waals surface area contributed by atoms with E-state index < -0.39 is 29.3 Å². The van der Waals surface area contributed by atoms with Crippen LogP contribution < -0.4 is 0 Å². The van der Waals surface area contributed by atoms with E-state index in [1.165, 1.54) is 44.2 Å². The molecular formula is C29H27F3N2O2. The highest BCUT2D eigenvalue weighted by molar-refractivity contribution is 5.89. The Bertz CT molecular complexity index is 1450. The first kappa shape index (κ1) is 24.1. The first-order chi connectivity index (χ1) is 17.0. The number of aromatic carboxylic acids is 1. The number of rotatable bonds is 5. The molecule has 0 amide bonds. The first-order valence-corrected chi connectivity index (χ1v) is 11.9. The zero-order valence-corrected chi connectivity index (χ0v) is 20.3. The molecule has 7 heteroatoms. The topological polar surface area (TPSA) is 56.3 Å². The molecule has 0 aliphatic carbocycles. The number of para-hydroxylation sites is 1. The van der Waals surface area contributed by atoms with Crippen molar-refractivity contribution in [2.45, 2.75) is 44.9 Å². The van der Waals surface area contributed by atoms with Crippen LogP contribution >= 0.6 is 0 Å². The van der Waals surface area contributed by atoms with Gasteiger partial charge >= 0.3 is 5.97 Å². The summed E-state index contributed by atoms with van der Waals surface area (Å²) in [6.07, 6.45) is 0.620. The van der Waals surface area contributed by atoms with E-state index in [1.807, 2.05) is 36.1 Å². The van der Waals surface area contributed by atoms with Gasteiger partial charge in [-0.25, -0.2) is 18.0 Å². The number of hydrogen-bond acceptors (Lipinski definition) is 2. The summed E-state index contributed by atoms with van der Waals surface area (Å²) >= 11 is 0. The fraction of sp³-hybridized carbons (Fsp3) is 0.276. The zero-order chi connectivity index (χ0) is 25.8. The minimum absolute atomic E-state index is 0.00503. The minimum atomic E-state index is -1.58. The Hall–Kier alpha value is -3.58. The molecule has 2 N–H and O–H groups in total. The van der Waals surface area contributed by atoms with Crippen molar-refractivity contribution in [2.24, 2.45) is 0 Å². The Labute approximate surface area is 207 Å². The lowest BCUT2D eigenvalue weighted by Crippen LogP contribution is -2.48. The number of benzene rings is 3. The maximum atomic E-state index is 15.8. The SMILES string of the molecule is C[C@@H]1Cc2c([nH]c3ccccc23)[C@@H](c2c(F)cc(-c3cccc(C(=O)O)c3)cc2F)N1CC(C)(C)F. The molecule has 0 unspecified atom stereocenters. The van der Waals surface area contributed by atoms with Crippen LogP contribution in [0.2, 0.25) is 0 Å². The summed E-state index contributed by atoms with van der Waals surface area (Å²) in [7, 11) is 0. The molecule has 2 atom stereocenters. The monoisotopic (exact) mass is 492 g/mol. The minimum Gasteiger partial charge on any atom is -0.478 e. The lowest BCUT2D eigenvalue weighted by molar-refractivity contribution is 0.0643. The fourth-order valence-electron chi connectivity index (χ4n) is 5.34. The Kier molecular flexibility index (Phi) is 5.91. The molecule has 36 heavy (non-hydrogen) atoms. The lowest BCUT2D eigenvalue weighted by Gasteiger charge is -2.43. The maximum Gasteiger partial charge on any atom is 0.335 e. The average molecular weight is 493 g/mol. The van der Waals surface area contributed by atoms with Gasteiger partial charge < -0.3 is 10.1 Å². The van der Waals surface area contributed by atoms with Gasteiger partial charge in [0.2, 0.25) is 0 Å². The Morgan fingerprint density at radius 2 is 1.75 bits per heavy atom. The van der Waals surface area contributed by atoms with Crippen molar-refractivity contribution in [2.75, 3.05) is 6.54 Å². The summed E-state index contributed by atoms with van der Waals surface area (Å²) in [5.41, 5.74) is 1.42. The molecular weight excluding hydrogens is 465 g/mol. The molecule has 0 saturated carbocycles. The van der Waals surface area contributed by atoms with Crippen LogP contribution in [0.3, 0.4) is 0 Å². The largest absolute Gasteiger partial charge is 0.478 e. The standard InChI is InChI=1S/C29H27F3N2O2/c1-16-11-21-20-9-4-5-10-24(20)33-26(21)27(34(16)15-29(2,3)32)25-22(30)13-19(14-23(25)31)17-7-6-8-18(12-17)28(35)36/h4-10,12-14,16,27,33H,11,15H2,1-3H3,(H,35,36)/t16-,27-/m1/s1. The fourth-order valence-corrected chi connectivity index (χ4v) is 5.34. The molecule has 1 aliphatic rings. The number of hydrogen-bond donors (Lipinski definition) is 2. The van der Waals surface area contributed by atoms with Crippen molar-refractivity contribution < 1.29 is 23.1 Å². The highest BCUT2D eigenvalue weighted by atomic mass is 19.1. The molecule has 4 nitrogen and oxygen atoms in total. The van der Waals surface area contributed by atoms with Crippen molar-refractivity contribution >= 4 is 16.9 Å². The van der Waals surface area contributed by atoms with Gasteiger partial charge in [-0.1, -0.05) is 30.3 Å². The number of carboxylic acids is 1. The molecule has 1 aromatic heterocycles. The van der Waals surface area contributed by atoms with Gasteiger partial charge in [0.25, 0.3) is 0 Å². The summed E-state index contributed by atoms with van der Waals surface area (Å²) in [6, 6.07) is 15.1. The van der Waals surface area contributed by atoms with Gasteiger partial charge in [0.05, 0.1) is 11.6 Å². The Balaban J connectivity index is 1.69. The van der Waals surface area contributed by atoms with E-state index in [0.29, 0.717) is 17.7 Å². The van der Waals surface area contributed by atoms with E-state index in [0.717, 1.165) is 16.5 Å². The quantitative estimate of drug-likeness (QED) is 0.319. The lowest BCUT2D eigenvalue weighted by atomic mass is 9.86. The van der Waals surface area contributed by atoms with E-state index in [9.17, 15) is 14.3 Å². The van der Waals surface area contributed by atoms with Gasteiger partial charge in [-0.3, -0.25) is 4.90 Å². The second-order valence-corrected chi connectivity index (χ2v) is 10.1. The molecule has 0 radical (unpaired) electrons. The Morgan fingerprint density at radius 3 is 2.42 bits per heavy atom. The summed E-state index contributed by atoms with van der Waals surface area (Å²) in [6.45, 7) is 4.87. The van der Waals surface area contributed by atoms with Crippen LogP contribution in [-0.4, -0.2) is 39.2 Å². The summed E-state index contributed by atoms with van der Waals surface area (Å²) in [5, 5.41) is 10.3. The highest BCUT2D eigenvalue weighted by Gasteiger charge is 2.41. The normalized spacial score (nSPS) is 18.4. The van der Waals surface area contributed by atoms with Crippen LogP contribution in [0.25, 0.3) is 22.0 Å². The van der Waals surface area contributed by atoms with E-state index in [2.05, 4.69) is 4.98 Å². The van der Waals surface area contributed by atoms with Gasteiger partial charge in [-0.2, -0.15) is 0 Å². The molecule has 0 spiro atoms. The summed E-state index contributed by atoms with van der Waals surface area (Å²) < 4.78 is 46.6. The van der Waals surface area contributed by atoms with E-state index in [-0.39, 0.29) is 29.3 Å². The third-order valence-electron chi connectivity index (χ3n) is 6.87. The van der Waals surface area contributed by atoms with Crippen molar-refractivity contribution in [3.05, 3.63) is 94.7 Å². The van der Waals surface area contributed by atoms with Crippen molar-refractivity contribution in [3.63, 3.8) is 0 Å². The van der Waals surface area contributed by atoms with Gasteiger partial charge in [0.1, 0.15) is 17.3 Å². The summed E-state index contributed by atoms with van der Waals surface area (Å²) in [4.78, 5) is 16.5. The molecule has 5 rings (SSSR count). The number of carboxylic acid groups (broad SMARTS) is 1. The number of nitrogens with one attached hydrogen (secondary N) is 1. The number of halogens is 3. The van der Waals surface area contributed by atoms with Crippen LogP contribution in [0.1, 0.15) is 54.0 Å². The van der Waals surface area contributed by atoms with Crippen LogP contribution in [0.4, 0.5) is 13.2 Å². The smallest absolute Gasteiger partial charge is 0.335 e. The second kappa shape index (κ2) is 8.82. The molecule has 0 fully saturated rings. The first-order valence-electron chi connectivity index (χ1n) is 11.9. The van der Waals surface area contributed by atoms with Crippen molar-refractivity contribution in [1.82, 2.24) is 9.88 Å². The predicted molar refractivity (Wildman–Crippen MR) is 134 cm³/mol. The number of alkyl halides is 1. The molecule has 3 aromatic carbocycles. The van der Waals surface area contributed by atoms with E-state index in [1.54, 1.807) is 6.07 Å². The van der Waals surface area contributed by atoms with E-state index >= 15 is 8.78 Å². The number of fused-ring (bicyclic) bond motifs is 3. The third-order valence-corrected chi connectivity index (χ3v) is 6.87. The molecule has 1 aliphatic heterocycles. The van der Waals surface area contributed by atoms with Crippen LogP contribution in [0.15, 0.2) is 60.7 Å². The van der Waals surface area contributed by atoms with Gasteiger partial charge in [-0.15, -0.1) is 0 Å². The molecule has 0 saturated heterocycles. The van der Waals surface area contributed by atoms with Crippen molar-refractivity contribution in [1.29, 1.82) is 0 Å². The maximum absolute atomic E-state index is 15.8. The average Bonchev–Trinajstić information content (AvgIpc) is 3.17. The Morgan fingerprint density at radius 1 is 1.06 bits per heavy atom. The van der Waals surface area contributed by atoms with E-state index in [4.69, 9.17) is 0 Å². The molecule has 2 heterocycles. The second-order valence-electron chi connectivity index (χ2n) is 10.1. The van der Waals surface area contributed by atoms with Gasteiger partial charge in [-0.05, 0) is 74.2 Å².